The number of hydrogen-bond acceptors (Lipinski definition) is 4. The number of thiazole rings is 1. The first-order valence-corrected chi connectivity index (χ1v) is 9.37. The number of benzene rings is 2. The van der Waals surface area contributed by atoms with Crippen molar-refractivity contribution < 1.29 is 9.18 Å². The van der Waals surface area contributed by atoms with Crippen LogP contribution in [0.1, 0.15) is 17.1 Å². The molecule has 0 aliphatic rings. The number of halogens is 1. The number of anilines is 1. The number of carbonyl (C=O) groups excluding carboxylic acids is 1. The van der Waals surface area contributed by atoms with E-state index in [9.17, 15) is 9.18 Å². The van der Waals surface area contributed by atoms with E-state index >= 15 is 0 Å². The molecule has 0 saturated carbocycles. The number of H-pyrrole nitrogens is 1. The maximum absolute atomic E-state index is 13.1. The van der Waals surface area contributed by atoms with E-state index in [0.29, 0.717) is 18.0 Å². The third kappa shape index (κ3) is 3.88. The van der Waals surface area contributed by atoms with Crippen molar-refractivity contribution in [3.8, 4) is 11.3 Å². The van der Waals surface area contributed by atoms with Gasteiger partial charge in [-0.05, 0) is 43.3 Å². The zero-order valence-corrected chi connectivity index (χ0v) is 15.4. The Kier molecular flexibility index (Phi) is 4.68. The highest BCUT2D eigenvalue weighted by Gasteiger charge is 2.13. The van der Waals surface area contributed by atoms with Crippen LogP contribution in [-0.4, -0.2) is 20.9 Å². The Morgan fingerprint density at radius 2 is 1.93 bits per heavy atom. The molecular formula is C20H17FN4OS. The number of nitrogens with zero attached hydrogens (tertiary/aromatic N) is 2. The minimum absolute atomic E-state index is 0.116. The molecule has 2 aromatic heterocycles. The highest BCUT2D eigenvalue weighted by atomic mass is 32.1. The summed E-state index contributed by atoms with van der Waals surface area (Å²) in [6, 6.07) is 13.9. The second-order valence-electron chi connectivity index (χ2n) is 6.18. The molecule has 0 spiro atoms. The quantitative estimate of drug-likeness (QED) is 0.527. The van der Waals surface area contributed by atoms with E-state index < -0.39 is 0 Å². The number of nitrogens with one attached hydrogen (secondary N) is 2. The number of rotatable bonds is 5. The van der Waals surface area contributed by atoms with Crippen LogP contribution in [0.3, 0.4) is 0 Å². The summed E-state index contributed by atoms with van der Waals surface area (Å²) >= 11 is 1.41. The van der Waals surface area contributed by atoms with E-state index in [2.05, 4.69) is 20.3 Å². The number of imidazole rings is 1. The van der Waals surface area contributed by atoms with Gasteiger partial charge in [0.05, 0.1) is 16.7 Å². The second-order valence-corrected chi connectivity index (χ2v) is 7.38. The number of fused-ring (bicyclic) bond motifs is 1. The first-order chi connectivity index (χ1) is 13.1. The zero-order valence-electron chi connectivity index (χ0n) is 14.6. The van der Waals surface area contributed by atoms with Crippen molar-refractivity contribution in [3.63, 3.8) is 0 Å². The molecule has 1 amide bonds. The molecule has 0 aliphatic carbocycles. The topological polar surface area (TPSA) is 70.7 Å². The highest BCUT2D eigenvalue weighted by molar-refractivity contribution is 7.16. The fourth-order valence-electron chi connectivity index (χ4n) is 2.86. The molecule has 2 heterocycles. The first-order valence-electron chi connectivity index (χ1n) is 8.55. The van der Waals surface area contributed by atoms with E-state index in [-0.39, 0.29) is 11.7 Å². The van der Waals surface area contributed by atoms with Crippen LogP contribution in [0.2, 0.25) is 0 Å². The Balaban J connectivity index is 1.40. The van der Waals surface area contributed by atoms with E-state index in [0.717, 1.165) is 33.0 Å². The van der Waals surface area contributed by atoms with Gasteiger partial charge >= 0.3 is 0 Å². The Morgan fingerprint density at radius 3 is 2.70 bits per heavy atom. The molecule has 7 heteroatoms. The van der Waals surface area contributed by atoms with Crippen LogP contribution >= 0.6 is 11.3 Å². The molecule has 4 aromatic rings. The molecule has 5 nitrogen and oxygen atoms in total. The van der Waals surface area contributed by atoms with Crippen molar-refractivity contribution >= 4 is 33.4 Å². The summed E-state index contributed by atoms with van der Waals surface area (Å²) in [6.45, 7) is 1.93. The van der Waals surface area contributed by atoms with Crippen molar-refractivity contribution in [2.45, 2.75) is 19.8 Å². The molecule has 0 saturated heterocycles. The number of para-hydroxylation sites is 2. The Hall–Kier alpha value is -3.06. The predicted molar refractivity (Wildman–Crippen MR) is 105 cm³/mol. The van der Waals surface area contributed by atoms with Crippen molar-refractivity contribution in [2.24, 2.45) is 0 Å². The molecule has 0 aliphatic heterocycles. The fourth-order valence-corrected chi connectivity index (χ4v) is 3.72. The molecule has 0 fully saturated rings. The van der Waals surface area contributed by atoms with Gasteiger partial charge in [-0.15, -0.1) is 11.3 Å². The van der Waals surface area contributed by atoms with Crippen molar-refractivity contribution in [1.82, 2.24) is 15.0 Å². The number of amides is 1. The zero-order chi connectivity index (χ0) is 18.8. The van der Waals surface area contributed by atoms with Crippen molar-refractivity contribution in [2.75, 3.05) is 5.32 Å². The maximum atomic E-state index is 13.1. The Morgan fingerprint density at radius 1 is 1.15 bits per heavy atom. The Bertz CT molecular complexity index is 1070. The lowest BCUT2D eigenvalue weighted by atomic mass is 10.1. The van der Waals surface area contributed by atoms with Gasteiger partial charge in [0, 0.05) is 23.3 Å². The molecule has 0 unspecified atom stereocenters. The van der Waals surface area contributed by atoms with Crippen LogP contribution in [0.25, 0.3) is 22.3 Å². The van der Waals surface area contributed by atoms with E-state index in [1.165, 1.54) is 23.5 Å². The van der Waals surface area contributed by atoms with Crippen LogP contribution in [0.4, 0.5) is 9.52 Å². The lowest BCUT2D eigenvalue weighted by Gasteiger charge is -2.00. The summed E-state index contributed by atoms with van der Waals surface area (Å²) in [6.07, 6.45) is 0.833. The highest BCUT2D eigenvalue weighted by Crippen LogP contribution is 2.30. The van der Waals surface area contributed by atoms with E-state index in [4.69, 9.17) is 0 Å². The number of aromatic nitrogens is 3. The minimum atomic E-state index is -0.286. The molecule has 136 valence electrons. The summed E-state index contributed by atoms with van der Waals surface area (Å²) < 4.78 is 13.1. The molecule has 27 heavy (non-hydrogen) atoms. The van der Waals surface area contributed by atoms with Gasteiger partial charge in [-0.3, -0.25) is 4.79 Å². The molecule has 2 N–H and O–H groups in total. The smallest absolute Gasteiger partial charge is 0.226 e. The average molecular weight is 380 g/mol. The standard InChI is InChI=1S/C20H17FN4OS/c1-12-19(13-6-8-14(21)9-7-13)25-20(27-12)24-18(26)11-10-17-22-15-4-2-3-5-16(15)23-17/h2-9H,10-11H2,1H3,(H,22,23)(H,24,25,26). The number of hydrogen-bond donors (Lipinski definition) is 2. The van der Waals surface area contributed by atoms with Crippen molar-refractivity contribution in [1.29, 1.82) is 0 Å². The summed E-state index contributed by atoms with van der Waals surface area (Å²) in [4.78, 5) is 25.4. The molecule has 0 radical (unpaired) electrons. The minimum Gasteiger partial charge on any atom is -0.342 e. The number of aryl methyl sites for hydroxylation is 2. The van der Waals surface area contributed by atoms with Crippen LogP contribution in [0, 0.1) is 12.7 Å². The molecule has 2 aromatic carbocycles. The van der Waals surface area contributed by atoms with Crippen LogP contribution in [0.5, 0.6) is 0 Å². The van der Waals surface area contributed by atoms with Crippen LogP contribution in [-0.2, 0) is 11.2 Å². The summed E-state index contributed by atoms with van der Waals surface area (Å²) in [5.41, 5.74) is 3.44. The number of aromatic amines is 1. The van der Waals surface area contributed by atoms with Gasteiger partial charge in [-0.1, -0.05) is 12.1 Å². The lowest BCUT2D eigenvalue weighted by Crippen LogP contribution is -2.12. The van der Waals surface area contributed by atoms with Crippen LogP contribution in [0.15, 0.2) is 48.5 Å². The molecule has 4 rings (SSSR count). The average Bonchev–Trinajstić information content (AvgIpc) is 3.23. The SMILES string of the molecule is Cc1sc(NC(=O)CCc2nc3ccccc3[nH]2)nc1-c1ccc(F)cc1. The predicted octanol–water partition coefficient (Wildman–Crippen LogP) is 4.71. The van der Waals surface area contributed by atoms with Crippen LogP contribution < -0.4 is 5.32 Å². The maximum Gasteiger partial charge on any atom is 0.226 e. The monoisotopic (exact) mass is 380 g/mol. The lowest BCUT2D eigenvalue weighted by molar-refractivity contribution is -0.116. The van der Waals surface area contributed by atoms with Gasteiger partial charge in [0.25, 0.3) is 0 Å². The summed E-state index contributed by atoms with van der Waals surface area (Å²) in [5, 5.41) is 3.38. The third-order valence-electron chi connectivity index (χ3n) is 4.19. The van der Waals surface area contributed by atoms with Gasteiger partial charge in [-0.25, -0.2) is 14.4 Å². The van der Waals surface area contributed by atoms with E-state index in [1.807, 2.05) is 31.2 Å². The fraction of sp³-hybridized carbons (Fsp3) is 0.150. The Labute approximate surface area is 159 Å². The van der Waals surface area contributed by atoms with Crippen molar-refractivity contribution in [3.05, 3.63) is 65.0 Å². The molecular weight excluding hydrogens is 363 g/mol. The normalized spacial score (nSPS) is 11.0. The summed E-state index contributed by atoms with van der Waals surface area (Å²) in [7, 11) is 0. The molecule has 0 atom stereocenters. The first kappa shape index (κ1) is 17.4. The van der Waals surface area contributed by atoms with E-state index in [1.54, 1.807) is 12.1 Å². The summed E-state index contributed by atoms with van der Waals surface area (Å²) in [5.74, 6) is 0.384. The second kappa shape index (κ2) is 7.28. The third-order valence-corrected chi connectivity index (χ3v) is 5.07. The van der Waals surface area contributed by atoms with Gasteiger partial charge in [0.1, 0.15) is 11.6 Å². The number of carbonyl (C=O) groups is 1. The largest absolute Gasteiger partial charge is 0.342 e. The van der Waals surface area contributed by atoms with Gasteiger partial charge < -0.3 is 10.3 Å². The van der Waals surface area contributed by atoms with Gasteiger partial charge in [-0.2, -0.15) is 0 Å². The van der Waals surface area contributed by atoms with Gasteiger partial charge in [0.15, 0.2) is 5.13 Å². The molecule has 0 bridgehead atoms. The van der Waals surface area contributed by atoms with Gasteiger partial charge in [0.2, 0.25) is 5.91 Å².